The summed E-state index contributed by atoms with van der Waals surface area (Å²) in [5.74, 6) is -0.116. The van der Waals surface area contributed by atoms with Crippen LogP contribution in [-0.2, 0) is 11.3 Å². The molecule has 1 fully saturated rings. The van der Waals surface area contributed by atoms with Crippen LogP contribution in [0.5, 0.6) is 0 Å². The van der Waals surface area contributed by atoms with E-state index in [1.807, 2.05) is 35.0 Å². The summed E-state index contributed by atoms with van der Waals surface area (Å²) in [6.45, 7) is 0.429. The Morgan fingerprint density at radius 3 is 3.00 bits per heavy atom. The minimum atomic E-state index is -1.03. The lowest BCUT2D eigenvalue weighted by atomic mass is 10.2. The number of alkyl halides is 1. The molecule has 1 aromatic carbocycles. The third-order valence-corrected chi connectivity index (χ3v) is 4.43. The maximum absolute atomic E-state index is 13.4. The van der Waals surface area contributed by atoms with Crippen molar-refractivity contribution in [3.05, 3.63) is 35.5 Å². The number of fused-ring (bicyclic) bond motifs is 1. The van der Waals surface area contributed by atoms with Gasteiger partial charge < -0.3 is 14.6 Å². The molecule has 0 radical (unpaired) electrons. The Hall–Kier alpha value is -1.59. The van der Waals surface area contributed by atoms with E-state index in [2.05, 4.69) is 0 Å². The minimum absolute atomic E-state index is 0.0894. The summed E-state index contributed by atoms with van der Waals surface area (Å²) in [5.41, 5.74) is 1.01. The monoisotopic (exact) mass is 324 g/mol. The Morgan fingerprint density at radius 1 is 1.41 bits per heavy atom. The van der Waals surface area contributed by atoms with E-state index in [1.54, 1.807) is 0 Å². The van der Waals surface area contributed by atoms with Gasteiger partial charge in [0.25, 0.3) is 0 Å². The van der Waals surface area contributed by atoms with Crippen LogP contribution < -0.4 is 0 Å². The van der Waals surface area contributed by atoms with E-state index in [4.69, 9.17) is 11.6 Å². The highest BCUT2D eigenvalue weighted by Crippen LogP contribution is 2.23. The zero-order valence-electron chi connectivity index (χ0n) is 12.1. The molecule has 1 amide bonds. The maximum Gasteiger partial charge on any atom is 0.224 e. The fourth-order valence-electron chi connectivity index (χ4n) is 3.06. The summed E-state index contributed by atoms with van der Waals surface area (Å²) in [4.78, 5) is 13.7. The number of nitrogens with zero attached hydrogens (tertiary/aromatic N) is 2. The normalized spacial score (nSPS) is 21.7. The van der Waals surface area contributed by atoms with Crippen molar-refractivity contribution in [1.29, 1.82) is 0 Å². The van der Waals surface area contributed by atoms with Gasteiger partial charge in [-0.2, -0.15) is 0 Å². The van der Waals surface area contributed by atoms with Gasteiger partial charge in [0.05, 0.1) is 19.2 Å². The van der Waals surface area contributed by atoms with Crippen molar-refractivity contribution in [2.24, 2.45) is 0 Å². The molecule has 1 saturated heterocycles. The fraction of sp³-hybridized carbons (Fsp3) is 0.438. The number of carbonyl (C=O) groups is 1. The average Bonchev–Trinajstić information content (AvgIpc) is 3.07. The summed E-state index contributed by atoms with van der Waals surface area (Å²) >= 11 is 5.96. The SMILES string of the molecule is O=C(CCn1ccc2cc(Cl)ccc21)N1C[C@@H](F)C[C@H]1CO. The molecule has 1 aliphatic rings. The van der Waals surface area contributed by atoms with Gasteiger partial charge in [-0.25, -0.2) is 4.39 Å². The standard InChI is InChI=1S/C16H18ClFN2O2/c17-12-1-2-15-11(7-12)3-5-19(15)6-4-16(22)20-9-13(18)8-14(20)10-21/h1-3,5,7,13-14,21H,4,6,8-10H2/t13-,14-/m0/s1. The molecule has 1 N–H and O–H groups in total. The molecule has 22 heavy (non-hydrogen) atoms. The Labute approximate surface area is 133 Å². The molecule has 0 bridgehead atoms. The van der Waals surface area contributed by atoms with Crippen LogP contribution in [0.25, 0.3) is 10.9 Å². The number of carbonyl (C=O) groups excluding carboxylic acids is 1. The highest BCUT2D eigenvalue weighted by atomic mass is 35.5. The van der Waals surface area contributed by atoms with Gasteiger partial charge >= 0.3 is 0 Å². The third kappa shape index (κ3) is 2.96. The number of amides is 1. The number of aliphatic hydroxyl groups excluding tert-OH is 1. The van der Waals surface area contributed by atoms with Gasteiger partial charge in [0.2, 0.25) is 5.91 Å². The van der Waals surface area contributed by atoms with Crippen molar-refractivity contribution >= 4 is 28.4 Å². The molecule has 0 saturated carbocycles. The second-order valence-electron chi connectivity index (χ2n) is 5.68. The molecule has 0 spiro atoms. The topological polar surface area (TPSA) is 45.5 Å². The zero-order valence-corrected chi connectivity index (χ0v) is 12.8. The average molecular weight is 325 g/mol. The summed E-state index contributed by atoms with van der Waals surface area (Å²) in [6.07, 6.45) is 1.40. The first-order valence-corrected chi connectivity index (χ1v) is 7.75. The molecule has 2 heterocycles. The molecule has 0 unspecified atom stereocenters. The predicted molar refractivity (Wildman–Crippen MR) is 83.7 cm³/mol. The van der Waals surface area contributed by atoms with Crippen LogP contribution in [0.15, 0.2) is 30.5 Å². The van der Waals surface area contributed by atoms with Crippen molar-refractivity contribution in [2.75, 3.05) is 13.2 Å². The molecular formula is C16H18ClFN2O2. The maximum atomic E-state index is 13.4. The van der Waals surface area contributed by atoms with E-state index in [0.717, 1.165) is 10.9 Å². The Morgan fingerprint density at radius 2 is 2.23 bits per heavy atom. The van der Waals surface area contributed by atoms with Gasteiger partial charge in [-0.3, -0.25) is 4.79 Å². The molecule has 2 atom stereocenters. The van der Waals surface area contributed by atoms with E-state index < -0.39 is 6.17 Å². The molecule has 0 aliphatic carbocycles. The van der Waals surface area contributed by atoms with Crippen molar-refractivity contribution in [3.63, 3.8) is 0 Å². The number of hydrogen-bond donors (Lipinski definition) is 1. The summed E-state index contributed by atoms with van der Waals surface area (Å²) < 4.78 is 15.4. The molecular weight excluding hydrogens is 307 g/mol. The van der Waals surface area contributed by atoms with Gasteiger partial charge in [-0.15, -0.1) is 0 Å². The van der Waals surface area contributed by atoms with E-state index >= 15 is 0 Å². The van der Waals surface area contributed by atoms with Crippen molar-refractivity contribution in [2.45, 2.75) is 31.6 Å². The lowest BCUT2D eigenvalue weighted by Gasteiger charge is -2.22. The second kappa shape index (κ2) is 6.26. The van der Waals surface area contributed by atoms with Crippen LogP contribution in [0.1, 0.15) is 12.8 Å². The number of rotatable bonds is 4. The number of benzene rings is 1. The second-order valence-corrected chi connectivity index (χ2v) is 6.11. The van der Waals surface area contributed by atoms with Crippen molar-refractivity contribution < 1.29 is 14.3 Å². The van der Waals surface area contributed by atoms with Crippen LogP contribution in [0.3, 0.4) is 0 Å². The van der Waals surface area contributed by atoms with Crippen LogP contribution >= 0.6 is 11.6 Å². The number of hydrogen-bond acceptors (Lipinski definition) is 2. The number of likely N-dealkylation sites (tertiary alicyclic amines) is 1. The van der Waals surface area contributed by atoms with Gasteiger partial charge in [0, 0.05) is 41.5 Å². The van der Waals surface area contributed by atoms with Crippen LogP contribution in [0, 0.1) is 0 Å². The molecule has 118 valence electrons. The Balaban J connectivity index is 1.67. The van der Waals surface area contributed by atoms with E-state index in [0.29, 0.717) is 11.6 Å². The zero-order chi connectivity index (χ0) is 15.7. The Bertz CT molecular complexity index is 688. The number of halogens is 2. The summed E-state index contributed by atoms with van der Waals surface area (Å²) in [5, 5.41) is 10.9. The van der Waals surface area contributed by atoms with Gasteiger partial charge in [0.15, 0.2) is 0 Å². The third-order valence-electron chi connectivity index (χ3n) is 4.19. The number of aliphatic hydroxyl groups is 1. The largest absolute Gasteiger partial charge is 0.394 e. The lowest BCUT2D eigenvalue weighted by molar-refractivity contribution is -0.133. The lowest BCUT2D eigenvalue weighted by Crippen LogP contribution is -2.38. The van der Waals surface area contributed by atoms with Crippen LogP contribution in [0.2, 0.25) is 5.02 Å². The number of aromatic nitrogens is 1. The quantitative estimate of drug-likeness (QED) is 0.939. The fourth-order valence-corrected chi connectivity index (χ4v) is 3.24. The van der Waals surface area contributed by atoms with Crippen LogP contribution in [-0.4, -0.2) is 45.8 Å². The molecule has 3 rings (SSSR count). The van der Waals surface area contributed by atoms with Crippen LogP contribution in [0.4, 0.5) is 4.39 Å². The first-order chi connectivity index (χ1) is 10.6. The van der Waals surface area contributed by atoms with E-state index in [-0.39, 0.29) is 37.9 Å². The highest BCUT2D eigenvalue weighted by molar-refractivity contribution is 6.31. The molecule has 2 aromatic rings. The minimum Gasteiger partial charge on any atom is -0.394 e. The van der Waals surface area contributed by atoms with Gasteiger partial charge in [0.1, 0.15) is 6.17 Å². The van der Waals surface area contributed by atoms with Gasteiger partial charge in [-0.1, -0.05) is 11.6 Å². The first kappa shape index (κ1) is 15.3. The van der Waals surface area contributed by atoms with Crippen molar-refractivity contribution in [1.82, 2.24) is 9.47 Å². The molecule has 1 aromatic heterocycles. The van der Waals surface area contributed by atoms with E-state index in [9.17, 15) is 14.3 Å². The summed E-state index contributed by atoms with van der Waals surface area (Å²) in [7, 11) is 0. The smallest absolute Gasteiger partial charge is 0.224 e. The highest BCUT2D eigenvalue weighted by Gasteiger charge is 2.34. The predicted octanol–water partition coefficient (Wildman–Crippen LogP) is 2.62. The molecule has 4 nitrogen and oxygen atoms in total. The molecule has 1 aliphatic heterocycles. The van der Waals surface area contributed by atoms with E-state index in [1.165, 1.54) is 4.90 Å². The number of aryl methyl sites for hydroxylation is 1. The Kier molecular flexibility index (Phi) is 4.36. The summed E-state index contributed by atoms with van der Waals surface area (Å²) in [6, 6.07) is 7.19. The van der Waals surface area contributed by atoms with Crippen molar-refractivity contribution in [3.8, 4) is 0 Å². The van der Waals surface area contributed by atoms with Gasteiger partial charge in [-0.05, 0) is 24.3 Å². The molecule has 6 heteroatoms. The first-order valence-electron chi connectivity index (χ1n) is 7.37.